The van der Waals surface area contributed by atoms with Crippen molar-refractivity contribution in [2.45, 2.75) is 38.4 Å². The van der Waals surface area contributed by atoms with E-state index >= 15 is 0 Å². The van der Waals surface area contributed by atoms with Gasteiger partial charge in [-0.1, -0.05) is 6.92 Å². The fourth-order valence-corrected chi connectivity index (χ4v) is 4.34. The number of aromatic nitrogens is 2. The van der Waals surface area contributed by atoms with Crippen LogP contribution in [0.4, 0.5) is 0 Å². The molecule has 0 spiro atoms. The second kappa shape index (κ2) is 5.80. The highest BCUT2D eigenvalue weighted by atomic mass is 32.2. The lowest BCUT2D eigenvalue weighted by molar-refractivity contribution is 0.135. The lowest BCUT2D eigenvalue weighted by atomic mass is 10.2. The summed E-state index contributed by atoms with van der Waals surface area (Å²) in [6, 6.07) is 0.213. The number of piperazine rings is 1. The van der Waals surface area contributed by atoms with Gasteiger partial charge < -0.3 is 5.73 Å². The summed E-state index contributed by atoms with van der Waals surface area (Å²) in [6.45, 7) is 8.76. The average Bonchev–Trinajstić information content (AvgIpc) is 2.80. The van der Waals surface area contributed by atoms with Crippen LogP contribution in [-0.4, -0.2) is 60.0 Å². The second-order valence-corrected chi connectivity index (χ2v) is 7.03. The lowest BCUT2D eigenvalue weighted by Crippen LogP contribution is -2.53. The van der Waals surface area contributed by atoms with Crippen LogP contribution in [0.5, 0.6) is 0 Å². The average molecular weight is 301 g/mol. The van der Waals surface area contributed by atoms with E-state index in [-0.39, 0.29) is 17.6 Å². The van der Waals surface area contributed by atoms with Gasteiger partial charge in [0, 0.05) is 43.5 Å². The van der Waals surface area contributed by atoms with Crippen LogP contribution >= 0.6 is 0 Å². The first-order valence-corrected chi connectivity index (χ1v) is 8.33. The zero-order valence-corrected chi connectivity index (χ0v) is 13.1. The molecule has 1 atom stereocenters. The summed E-state index contributed by atoms with van der Waals surface area (Å²) >= 11 is 0. The standard InChI is InChI=1S/C12H23N5O2S/c1-4-16-5-6-17(8-9(16)2)20(18,19)12-11(7-13)10(3)14-15-12/h9H,4-8,13H2,1-3H3,(H,14,15). The van der Waals surface area contributed by atoms with Gasteiger partial charge in [0.1, 0.15) is 0 Å². The highest BCUT2D eigenvalue weighted by Crippen LogP contribution is 2.22. The van der Waals surface area contributed by atoms with E-state index in [1.165, 1.54) is 4.31 Å². The monoisotopic (exact) mass is 301 g/mol. The van der Waals surface area contributed by atoms with Crippen molar-refractivity contribution in [2.24, 2.45) is 5.73 Å². The zero-order chi connectivity index (χ0) is 14.9. The molecule has 0 radical (unpaired) electrons. The Balaban J connectivity index is 2.27. The molecule has 114 valence electrons. The number of H-pyrrole nitrogens is 1. The number of likely N-dealkylation sites (N-methyl/N-ethyl adjacent to an activating group) is 1. The second-order valence-electron chi connectivity index (χ2n) is 5.18. The normalized spacial score (nSPS) is 22.3. The van der Waals surface area contributed by atoms with Crippen molar-refractivity contribution in [3.63, 3.8) is 0 Å². The third-order valence-corrected chi connectivity index (χ3v) is 5.80. The van der Waals surface area contributed by atoms with Crippen LogP contribution in [0.2, 0.25) is 0 Å². The van der Waals surface area contributed by atoms with Gasteiger partial charge in [0.15, 0.2) is 5.03 Å². The first kappa shape index (κ1) is 15.4. The minimum absolute atomic E-state index is 0.0784. The number of hydrogen-bond acceptors (Lipinski definition) is 5. The van der Waals surface area contributed by atoms with Crippen molar-refractivity contribution in [3.8, 4) is 0 Å². The molecular formula is C12H23N5O2S. The van der Waals surface area contributed by atoms with Crippen LogP contribution < -0.4 is 5.73 Å². The SMILES string of the molecule is CCN1CCN(S(=O)(=O)c2n[nH]c(C)c2CN)CC1C. The molecular weight excluding hydrogens is 278 g/mol. The van der Waals surface area contributed by atoms with Crippen molar-refractivity contribution in [1.82, 2.24) is 19.4 Å². The predicted molar refractivity (Wildman–Crippen MR) is 76.7 cm³/mol. The lowest BCUT2D eigenvalue weighted by Gasteiger charge is -2.38. The Morgan fingerprint density at radius 2 is 2.15 bits per heavy atom. The molecule has 20 heavy (non-hydrogen) atoms. The van der Waals surface area contributed by atoms with Gasteiger partial charge in [0.25, 0.3) is 10.0 Å². The van der Waals surface area contributed by atoms with Crippen LogP contribution in [-0.2, 0) is 16.6 Å². The molecule has 1 unspecified atom stereocenters. The Morgan fingerprint density at radius 3 is 2.70 bits per heavy atom. The predicted octanol–water partition coefficient (Wildman–Crippen LogP) is -0.108. The maximum atomic E-state index is 12.7. The fourth-order valence-electron chi connectivity index (χ4n) is 2.66. The van der Waals surface area contributed by atoms with E-state index in [9.17, 15) is 8.42 Å². The molecule has 8 heteroatoms. The molecule has 0 bridgehead atoms. The zero-order valence-electron chi connectivity index (χ0n) is 12.3. The number of sulfonamides is 1. The number of nitrogens with two attached hydrogens (primary N) is 1. The summed E-state index contributed by atoms with van der Waals surface area (Å²) in [6.07, 6.45) is 0. The number of nitrogens with zero attached hydrogens (tertiary/aromatic N) is 3. The van der Waals surface area contributed by atoms with E-state index < -0.39 is 10.0 Å². The molecule has 7 nitrogen and oxygen atoms in total. The van der Waals surface area contributed by atoms with Crippen LogP contribution in [0.3, 0.4) is 0 Å². The molecule has 1 fully saturated rings. The molecule has 2 rings (SSSR count). The smallest absolute Gasteiger partial charge is 0.262 e. The van der Waals surface area contributed by atoms with Gasteiger partial charge in [-0.15, -0.1) is 0 Å². The third kappa shape index (κ3) is 2.60. The molecule has 0 aliphatic carbocycles. The Morgan fingerprint density at radius 1 is 1.45 bits per heavy atom. The largest absolute Gasteiger partial charge is 0.326 e. The van der Waals surface area contributed by atoms with Gasteiger partial charge in [0.05, 0.1) is 0 Å². The molecule has 1 aliphatic heterocycles. The molecule has 1 aliphatic rings. The van der Waals surface area contributed by atoms with Gasteiger partial charge in [-0.2, -0.15) is 9.40 Å². The van der Waals surface area contributed by atoms with E-state index in [0.717, 1.165) is 13.1 Å². The van der Waals surface area contributed by atoms with Crippen LogP contribution in [0.1, 0.15) is 25.1 Å². The third-order valence-electron chi connectivity index (χ3n) is 3.96. The van der Waals surface area contributed by atoms with E-state index in [1.807, 2.05) is 6.92 Å². The highest BCUT2D eigenvalue weighted by Gasteiger charge is 2.34. The summed E-state index contributed by atoms with van der Waals surface area (Å²) in [5, 5.41) is 6.75. The molecule has 1 aromatic rings. The summed E-state index contributed by atoms with van der Waals surface area (Å²) < 4.78 is 26.9. The minimum Gasteiger partial charge on any atom is -0.326 e. The van der Waals surface area contributed by atoms with Crippen molar-refractivity contribution < 1.29 is 8.42 Å². The summed E-state index contributed by atoms with van der Waals surface area (Å²) in [7, 11) is -3.56. The van der Waals surface area contributed by atoms with E-state index in [2.05, 4.69) is 22.0 Å². The minimum atomic E-state index is -3.56. The Hall–Kier alpha value is -0.960. The summed E-state index contributed by atoms with van der Waals surface area (Å²) in [5.41, 5.74) is 6.94. The van der Waals surface area contributed by atoms with Crippen LogP contribution in [0.15, 0.2) is 5.03 Å². The first-order chi connectivity index (χ1) is 9.41. The van der Waals surface area contributed by atoms with Crippen molar-refractivity contribution in [3.05, 3.63) is 11.3 Å². The first-order valence-electron chi connectivity index (χ1n) is 6.89. The van der Waals surface area contributed by atoms with E-state index in [1.54, 1.807) is 6.92 Å². The van der Waals surface area contributed by atoms with Gasteiger partial charge in [0.2, 0.25) is 0 Å². The quantitative estimate of drug-likeness (QED) is 0.809. The topological polar surface area (TPSA) is 95.3 Å². The Bertz CT molecular complexity index is 568. The van der Waals surface area contributed by atoms with Crippen molar-refractivity contribution in [2.75, 3.05) is 26.2 Å². The van der Waals surface area contributed by atoms with Gasteiger partial charge in [-0.05, 0) is 20.4 Å². The number of rotatable bonds is 4. The Kier molecular flexibility index (Phi) is 4.48. The van der Waals surface area contributed by atoms with Gasteiger partial charge in [-0.3, -0.25) is 10.00 Å². The van der Waals surface area contributed by atoms with Crippen LogP contribution in [0.25, 0.3) is 0 Å². The molecule has 1 aromatic heterocycles. The number of aromatic amines is 1. The molecule has 0 saturated carbocycles. The molecule has 2 heterocycles. The number of aryl methyl sites for hydroxylation is 1. The molecule has 3 N–H and O–H groups in total. The van der Waals surface area contributed by atoms with Gasteiger partial charge in [-0.25, -0.2) is 8.42 Å². The number of hydrogen-bond donors (Lipinski definition) is 2. The number of nitrogens with one attached hydrogen (secondary N) is 1. The molecule has 0 aromatic carbocycles. The molecule has 0 amide bonds. The summed E-state index contributed by atoms with van der Waals surface area (Å²) in [5.74, 6) is 0. The highest BCUT2D eigenvalue weighted by molar-refractivity contribution is 7.89. The molecule has 1 saturated heterocycles. The summed E-state index contributed by atoms with van der Waals surface area (Å²) in [4.78, 5) is 2.27. The fraction of sp³-hybridized carbons (Fsp3) is 0.750. The van der Waals surface area contributed by atoms with Crippen molar-refractivity contribution in [1.29, 1.82) is 0 Å². The van der Waals surface area contributed by atoms with E-state index in [4.69, 9.17) is 5.73 Å². The van der Waals surface area contributed by atoms with Gasteiger partial charge >= 0.3 is 0 Å². The van der Waals surface area contributed by atoms with E-state index in [0.29, 0.717) is 24.3 Å². The van der Waals surface area contributed by atoms with Crippen LogP contribution in [0, 0.1) is 6.92 Å². The maximum Gasteiger partial charge on any atom is 0.262 e. The maximum absolute atomic E-state index is 12.7. The van der Waals surface area contributed by atoms with Crippen molar-refractivity contribution >= 4 is 10.0 Å². The Labute approximate surface area is 120 Å².